The van der Waals surface area contributed by atoms with Gasteiger partial charge >= 0.3 is 12.1 Å². The van der Waals surface area contributed by atoms with Crippen LogP contribution in [0.1, 0.15) is 44.5 Å². The standard InChI is InChI=1S/C18H17F3N2O3/c1-9-5-4-6-12(10(9)2)15(17(25)26)23-16(24)13-7-8-14(18(19,20)21)22-11(13)3/h4-8,15H,1-3H3,(H,23,24)(H,25,26). The summed E-state index contributed by atoms with van der Waals surface area (Å²) in [5, 5.41) is 11.8. The van der Waals surface area contributed by atoms with Crippen molar-refractivity contribution in [3.63, 3.8) is 0 Å². The van der Waals surface area contributed by atoms with Gasteiger partial charge in [-0.15, -0.1) is 0 Å². The zero-order valence-corrected chi connectivity index (χ0v) is 14.3. The van der Waals surface area contributed by atoms with Gasteiger partial charge < -0.3 is 10.4 Å². The summed E-state index contributed by atoms with van der Waals surface area (Å²) in [5.74, 6) is -2.08. The molecule has 2 aromatic rings. The number of aromatic nitrogens is 1. The van der Waals surface area contributed by atoms with Gasteiger partial charge in [-0.25, -0.2) is 9.78 Å². The number of amides is 1. The van der Waals surface area contributed by atoms with Crippen molar-refractivity contribution in [1.29, 1.82) is 0 Å². The number of halogens is 3. The molecule has 0 saturated carbocycles. The highest BCUT2D eigenvalue weighted by molar-refractivity contribution is 5.97. The van der Waals surface area contributed by atoms with Crippen LogP contribution in [0, 0.1) is 20.8 Å². The first kappa shape index (κ1) is 19.4. The summed E-state index contributed by atoms with van der Waals surface area (Å²) in [5.41, 5.74) is 0.606. The van der Waals surface area contributed by atoms with E-state index in [1.165, 1.54) is 6.92 Å². The number of nitrogens with one attached hydrogen (secondary N) is 1. The fourth-order valence-corrected chi connectivity index (χ4v) is 2.53. The van der Waals surface area contributed by atoms with Crippen molar-refractivity contribution in [3.8, 4) is 0 Å². The maximum Gasteiger partial charge on any atom is 0.433 e. The van der Waals surface area contributed by atoms with Gasteiger partial charge in [-0.1, -0.05) is 18.2 Å². The van der Waals surface area contributed by atoms with Gasteiger partial charge in [0.1, 0.15) is 5.69 Å². The maximum absolute atomic E-state index is 12.7. The van der Waals surface area contributed by atoms with Crippen molar-refractivity contribution < 1.29 is 27.9 Å². The zero-order valence-electron chi connectivity index (χ0n) is 14.3. The van der Waals surface area contributed by atoms with Crippen molar-refractivity contribution in [2.24, 2.45) is 0 Å². The molecule has 1 atom stereocenters. The minimum absolute atomic E-state index is 0.116. The highest BCUT2D eigenvalue weighted by Crippen LogP contribution is 2.28. The van der Waals surface area contributed by atoms with E-state index in [2.05, 4.69) is 10.3 Å². The van der Waals surface area contributed by atoms with Crippen LogP contribution >= 0.6 is 0 Å². The normalized spacial score (nSPS) is 12.5. The molecule has 0 bridgehead atoms. The topological polar surface area (TPSA) is 79.3 Å². The van der Waals surface area contributed by atoms with Gasteiger partial charge in [-0.3, -0.25) is 4.79 Å². The van der Waals surface area contributed by atoms with Gasteiger partial charge in [0.05, 0.1) is 11.3 Å². The predicted octanol–water partition coefficient (Wildman–Crippen LogP) is 3.58. The van der Waals surface area contributed by atoms with Crippen molar-refractivity contribution >= 4 is 11.9 Å². The highest BCUT2D eigenvalue weighted by Gasteiger charge is 2.33. The SMILES string of the molecule is Cc1cccc(C(NC(=O)c2ccc(C(F)(F)F)nc2C)C(=O)O)c1C. The number of carboxylic acids is 1. The summed E-state index contributed by atoms with van der Waals surface area (Å²) in [7, 11) is 0. The van der Waals surface area contributed by atoms with Crippen molar-refractivity contribution in [1.82, 2.24) is 10.3 Å². The molecule has 0 fully saturated rings. The van der Waals surface area contributed by atoms with Crippen LogP contribution in [0.15, 0.2) is 30.3 Å². The number of hydrogen-bond donors (Lipinski definition) is 2. The van der Waals surface area contributed by atoms with Gasteiger partial charge in [0.2, 0.25) is 0 Å². The number of carbonyl (C=O) groups excluding carboxylic acids is 1. The monoisotopic (exact) mass is 366 g/mol. The fourth-order valence-electron chi connectivity index (χ4n) is 2.53. The molecule has 0 radical (unpaired) electrons. The fraction of sp³-hybridized carbons (Fsp3) is 0.278. The Hall–Kier alpha value is -2.90. The van der Waals surface area contributed by atoms with E-state index in [1.54, 1.807) is 19.1 Å². The van der Waals surface area contributed by atoms with E-state index in [9.17, 15) is 27.9 Å². The second-order valence-electron chi connectivity index (χ2n) is 5.86. The molecule has 2 rings (SSSR count). The first-order valence-electron chi connectivity index (χ1n) is 7.67. The number of benzene rings is 1. The molecule has 0 aliphatic heterocycles. The molecule has 1 unspecified atom stereocenters. The summed E-state index contributed by atoms with van der Waals surface area (Å²) < 4.78 is 38.0. The van der Waals surface area contributed by atoms with Crippen molar-refractivity contribution in [3.05, 3.63) is 64.0 Å². The largest absolute Gasteiger partial charge is 0.479 e. The molecule has 1 heterocycles. The quantitative estimate of drug-likeness (QED) is 0.867. The van der Waals surface area contributed by atoms with Gasteiger partial charge in [-0.05, 0) is 49.6 Å². The van der Waals surface area contributed by atoms with E-state index in [-0.39, 0.29) is 11.3 Å². The van der Waals surface area contributed by atoms with Gasteiger partial charge in [0, 0.05) is 0 Å². The third-order valence-electron chi connectivity index (χ3n) is 4.10. The first-order valence-corrected chi connectivity index (χ1v) is 7.67. The van der Waals surface area contributed by atoms with Crippen molar-refractivity contribution in [2.45, 2.75) is 33.0 Å². The molecule has 1 aromatic carbocycles. The number of aliphatic carboxylic acids is 1. The maximum atomic E-state index is 12.7. The zero-order chi connectivity index (χ0) is 19.6. The summed E-state index contributed by atoms with van der Waals surface area (Å²) in [6.45, 7) is 4.80. The molecule has 2 N–H and O–H groups in total. The molecule has 1 aromatic heterocycles. The van der Waals surface area contributed by atoms with Crippen molar-refractivity contribution in [2.75, 3.05) is 0 Å². The van der Waals surface area contributed by atoms with Crippen LogP contribution in [0.2, 0.25) is 0 Å². The molecular weight excluding hydrogens is 349 g/mol. The van der Waals surface area contributed by atoms with Gasteiger partial charge in [0.15, 0.2) is 6.04 Å². The first-order chi connectivity index (χ1) is 12.0. The third kappa shape index (κ3) is 4.01. The van der Waals surface area contributed by atoms with Gasteiger partial charge in [0.25, 0.3) is 5.91 Å². The Bertz CT molecular complexity index is 863. The molecular formula is C18H17F3N2O3. The molecule has 0 aliphatic rings. The lowest BCUT2D eigenvalue weighted by Gasteiger charge is -2.19. The number of alkyl halides is 3. The number of aryl methyl sites for hydroxylation is 2. The number of pyridine rings is 1. The second-order valence-corrected chi connectivity index (χ2v) is 5.86. The van der Waals surface area contributed by atoms with E-state index in [0.29, 0.717) is 17.2 Å². The van der Waals surface area contributed by atoms with E-state index < -0.39 is 29.8 Å². The van der Waals surface area contributed by atoms with Crippen LogP contribution in [0.4, 0.5) is 13.2 Å². The van der Waals surface area contributed by atoms with Crippen LogP contribution in [0.25, 0.3) is 0 Å². The highest BCUT2D eigenvalue weighted by atomic mass is 19.4. The van der Waals surface area contributed by atoms with Crippen LogP contribution in [-0.4, -0.2) is 22.0 Å². The minimum Gasteiger partial charge on any atom is -0.479 e. The Morgan fingerprint density at radius 3 is 2.31 bits per heavy atom. The average molecular weight is 366 g/mol. The number of hydrogen-bond acceptors (Lipinski definition) is 3. The van der Waals surface area contributed by atoms with E-state index in [1.807, 2.05) is 13.0 Å². The lowest BCUT2D eigenvalue weighted by atomic mass is 9.97. The van der Waals surface area contributed by atoms with E-state index in [0.717, 1.165) is 11.6 Å². The lowest BCUT2D eigenvalue weighted by Crippen LogP contribution is -2.35. The Morgan fingerprint density at radius 2 is 1.77 bits per heavy atom. The van der Waals surface area contributed by atoms with Crippen LogP contribution in [0.5, 0.6) is 0 Å². The van der Waals surface area contributed by atoms with Crippen LogP contribution in [-0.2, 0) is 11.0 Å². The molecule has 8 heteroatoms. The smallest absolute Gasteiger partial charge is 0.433 e. The molecule has 26 heavy (non-hydrogen) atoms. The summed E-state index contributed by atoms with van der Waals surface area (Å²) >= 11 is 0. The Morgan fingerprint density at radius 1 is 1.12 bits per heavy atom. The lowest BCUT2D eigenvalue weighted by molar-refractivity contribution is -0.141. The number of nitrogens with zero attached hydrogens (tertiary/aromatic N) is 1. The minimum atomic E-state index is -4.62. The predicted molar refractivity (Wildman–Crippen MR) is 87.7 cm³/mol. The second kappa shape index (κ2) is 7.15. The summed E-state index contributed by atoms with van der Waals surface area (Å²) in [6, 6.07) is 5.41. The van der Waals surface area contributed by atoms with Crippen LogP contribution in [0.3, 0.4) is 0 Å². The Kier molecular flexibility index (Phi) is 5.34. The number of carboxylic acid groups (broad SMARTS) is 1. The number of carbonyl (C=O) groups is 2. The molecule has 5 nitrogen and oxygen atoms in total. The van der Waals surface area contributed by atoms with Crippen LogP contribution < -0.4 is 5.32 Å². The average Bonchev–Trinajstić information content (AvgIpc) is 2.54. The third-order valence-corrected chi connectivity index (χ3v) is 4.10. The molecule has 0 aliphatic carbocycles. The molecule has 0 saturated heterocycles. The molecule has 138 valence electrons. The van der Waals surface area contributed by atoms with E-state index in [4.69, 9.17) is 0 Å². The summed E-state index contributed by atoms with van der Waals surface area (Å²) in [4.78, 5) is 27.4. The summed E-state index contributed by atoms with van der Waals surface area (Å²) in [6.07, 6.45) is -4.62. The molecule has 0 spiro atoms. The molecule has 1 amide bonds. The number of rotatable bonds is 4. The Labute approximate surface area is 147 Å². The van der Waals surface area contributed by atoms with E-state index >= 15 is 0 Å². The Balaban J connectivity index is 2.34. The van der Waals surface area contributed by atoms with Gasteiger partial charge in [-0.2, -0.15) is 13.2 Å².